The number of likely N-dealkylation sites (tertiary alicyclic amines) is 1. The Morgan fingerprint density at radius 2 is 2.05 bits per heavy atom. The van der Waals surface area contributed by atoms with E-state index in [9.17, 15) is 27.9 Å². The van der Waals surface area contributed by atoms with Crippen molar-refractivity contribution in [1.29, 1.82) is 0 Å². The maximum Gasteiger partial charge on any atom is 0.391 e. The molecule has 1 amide bonds. The van der Waals surface area contributed by atoms with E-state index in [0.29, 0.717) is 19.2 Å². The topological polar surface area (TPSA) is 110 Å². The van der Waals surface area contributed by atoms with Crippen LogP contribution in [0.1, 0.15) is 19.3 Å². The number of carbonyl (C=O) groups is 2. The van der Waals surface area contributed by atoms with Gasteiger partial charge in [-0.3, -0.25) is 9.59 Å². The zero-order valence-electron chi connectivity index (χ0n) is 12.0. The minimum Gasteiger partial charge on any atom is -0.480 e. The van der Waals surface area contributed by atoms with E-state index < -0.39 is 42.0 Å². The van der Waals surface area contributed by atoms with E-state index in [1.165, 1.54) is 0 Å². The van der Waals surface area contributed by atoms with Gasteiger partial charge in [-0.15, -0.1) is 0 Å². The largest absolute Gasteiger partial charge is 0.480 e. The Bertz CT molecular complexity index is 436. The molecule has 1 heterocycles. The van der Waals surface area contributed by atoms with E-state index in [2.05, 4.69) is 0 Å². The molecule has 2 radical (unpaired) electrons. The molecule has 0 bridgehead atoms. The standard InChI is InChI=1S/C12H19BF3N3O3/c13-3-1-2-7-5-19(6-11(7,18)10(21)22)9(20)8(17)4-12(14,15)16/h7-8H,1-6,17-18H2,(H,21,22)/t7-,8?,11-/m0/s1. The van der Waals surface area contributed by atoms with Crippen molar-refractivity contribution in [1.82, 2.24) is 4.90 Å². The Morgan fingerprint density at radius 3 is 2.50 bits per heavy atom. The smallest absolute Gasteiger partial charge is 0.391 e. The number of nitrogens with zero attached hydrogens (tertiary/aromatic N) is 1. The summed E-state index contributed by atoms with van der Waals surface area (Å²) in [6.45, 7) is -0.394. The molecule has 6 nitrogen and oxygen atoms in total. The number of carboxylic acids is 1. The minimum absolute atomic E-state index is 0.0345. The van der Waals surface area contributed by atoms with Gasteiger partial charge in [-0.05, 0) is 6.42 Å². The molecule has 1 unspecified atom stereocenters. The number of alkyl halides is 3. The van der Waals surface area contributed by atoms with Crippen LogP contribution in [0.3, 0.4) is 0 Å². The maximum atomic E-state index is 12.3. The normalized spacial score (nSPS) is 27.0. The van der Waals surface area contributed by atoms with Gasteiger partial charge in [-0.1, -0.05) is 12.7 Å². The first-order valence-electron chi connectivity index (χ1n) is 6.84. The first-order valence-corrected chi connectivity index (χ1v) is 6.84. The Balaban J connectivity index is 2.81. The number of rotatable bonds is 6. The molecule has 1 saturated heterocycles. The molecular weight excluding hydrogens is 302 g/mol. The zero-order valence-corrected chi connectivity index (χ0v) is 12.0. The minimum atomic E-state index is -4.57. The van der Waals surface area contributed by atoms with Gasteiger partial charge >= 0.3 is 12.1 Å². The second-order valence-electron chi connectivity index (χ2n) is 5.62. The quantitative estimate of drug-likeness (QED) is 0.591. The Hall–Kier alpha value is -1.29. The lowest BCUT2D eigenvalue weighted by Gasteiger charge is -2.25. The van der Waals surface area contributed by atoms with E-state index >= 15 is 0 Å². The number of halogens is 3. The lowest BCUT2D eigenvalue weighted by molar-refractivity contribution is -0.152. The summed E-state index contributed by atoms with van der Waals surface area (Å²) in [5.41, 5.74) is 9.43. The number of aliphatic carboxylic acids is 1. The SMILES string of the molecule is [B]CCC[C@H]1CN(C(=O)C(N)CC(F)(F)F)C[C@@]1(N)C(=O)O. The van der Waals surface area contributed by atoms with Gasteiger partial charge in [-0.2, -0.15) is 13.2 Å². The highest BCUT2D eigenvalue weighted by atomic mass is 19.4. The predicted octanol–water partition coefficient (Wildman–Crippen LogP) is -0.126. The number of hydrogen-bond acceptors (Lipinski definition) is 4. The molecule has 0 aromatic heterocycles. The zero-order chi connectivity index (χ0) is 17.1. The number of carboxylic acid groups (broad SMARTS) is 1. The molecule has 0 spiro atoms. The van der Waals surface area contributed by atoms with Crippen molar-refractivity contribution >= 4 is 19.7 Å². The molecule has 1 aliphatic heterocycles. The van der Waals surface area contributed by atoms with Crippen molar-refractivity contribution in [3.63, 3.8) is 0 Å². The van der Waals surface area contributed by atoms with Crippen molar-refractivity contribution in [3.05, 3.63) is 0 Å². The first-order chi connectivity index (χ1) is 10.0. The molecule has 1 aliphatic rings. The Labute approximate surface area is 127 Å². The molecule has 0 aromatic carbocycles. The molecule has 124 valence electrons. The third-order valence-corrected chi connectivity index (χ3v) is 3.86. The van der Waals surface area contributed by atoms with Crippen molar-refractivity contribution < 1.29 is 27.9 Å². The van der Waals surface area contributed by atoms with Crippen LogP contribution in [-0.2, 0) is 9.59 Å². The van der Waals surface area contributed by atoms with Crippen LogP contribution in [0, 0.1) is 5.92 Å². The number of nitrogens with two attached hydrogens (primary N) is 2. The van der Waals surface area contributed by atoms with Gasteiger partial charge in [0.2, 0.25) is 5.91 Å². The third kappa shape index (κ3) is 4.36. The summed E-state index contributed by atoms with van der Waals surface area (Å²) >= 11 is 0. The second-order valence-corrected chi connectivity index (χ2v) is 5.62. The lowest BCUT2D eigenvalue weighted by Crippen LogP contribution is -2.55. The van der Waals surface area contributed by atoms with Crippen molar-refractivity contribution in [2.24, 2.45) is 17.4 Å². The molecule has 1 rings (SSSR count). The molecule has 22 heavy (non-hydrogen) atoms. The van der Waals surface area contributed by atoms with Gasteiger partial charge in [0.05, 0.1) is 20.3 Å². The third-order valence-electron chi connectivity index (χ3n) is 3.86. The molecule has 10 heteroatoms. The van der Waals surface area contributed by atoms with Crippen LogP contribution < -0.4 is 11.5 Å². The van der Waals surface area contributed by atoms with Gasteiger partial charge in [0, 0.05) is 19.0 Å². The summed E-state index contributed by atoms with van der Waals surface area (Å²) in [6, 6.07) is -1.76. The van der Waals surface area contributed by atoms with Gasteiger partial charge in [0.25, 0.3) is 0 Å². The number of amides is 1. The fraction of sp³-hybridized carbons (Fsp3) is 0.833. The first kappa shape index (κ1) is 18.8. The Morgan fingerprint density at radius 1 is 1.45 bits per heavy atom. The molecule has 0 saturated carbocycles. The molecule has 3 atom stereocenters. The summed E-state index contributed by atoms with van der Waals surface area (Å²) < 4.78 is 36.9. The van der Waals surface area contributed by atoms with Gasteiger partial charge in [0.1, 0.15) is 5.54 Å². The van der Waals surface area contributed by atoms with E-state index in [1.54, 1.807) is 0 Å². The highest BCUT2D eigenvalue weighted by molar-refractivity contribution is 6.08. The summed E-state index contributed by atoms with van der Waals surface area (Å²) in [5, 5.41) is 9.26. The highest BCUT2D eigenvalue weighted by Gasteiger charge is 2.51. The lowest BCUT2D eigenvalue weighted by atomic mass is 9.83. The van der Waals surface area contributed by atoms with E-state index in [4.69, 9.17) is 19.3 Å². The van der Waals surface area contributed by atoms with Crippen LogP contribution in [-0.4, -0.2) is 60.6 Å². The van der Waals surface area contributed by atoms with Crippen molar-refractivity contribution in [2.45, 2.75) is 43.3 Å². The van der Waals surface area contributed by atoms with E-state index in [-0.39, 0.29) is 13.1 Å². The summed E-state index contributed by atoms with van der Waals surface area (Å²) in [5.74, 6) is -2.81. The molecule has 5 N–H and O–H groups in total. The number of carbonyl (C=O) groups excluding carboxylic acids is 1. The Kier molecular flexibility index (Phi) is 5.86. The average molecular weight is 321 g/mol. The van der Waals surface area contributed by atoms with Crippen LogP contribution >= 0.6 is 0 Å². The monoisotopic (exact) mass is 321 g/mol. The molecule has 0 aliphatic carbocycles. The van der Waals surface area contributed by atoms with Crippen LogP contribution in [0.25, 0.3) is 0 Å². The second kappa shape index (κ2) is 6.87. The fourth-order valence-corrected chi connectivity index (χ4v) is 2.63. The summed E-state index contributed by atoms with van der Waals surface area (Å²) in [4.78, 5) is 24.3. The predicted molar refractivity (Wildman–Crippen MR) is 73.1 cm³/mol. The summed E-state index contributed by atoms with van der Waals surface area (Å²) in [7, 11) is 5.37. The molecule has 0 aromatic rings. The van der Waals surface area contributed by atoms with Gasteiger partial charge < -0.3 is 21.5 Å². The average Bonchev–Trinajstić information content (AvgIpc) is 2.72. The van der Waals surface area contributed by atoms with E-state index in [1.807, 2.05) is 0 Å². The van der Waals surface area contributed by atoms with Crippen LogP contribution in [0.15, 0.2) is 0 Å². The van der Waals surface area contributed by atoms with Crippen molar-refractivity contribution in [3.8, 4) is 0 Å². The number of hydrogen-bond donors (Lipinski definition) is 3. The summed E-state index contributed by atoms with van der Waals surface area (Å²) in [6.07, 6.45) is -4.82. The van der Waals surface area contributed by atoms with Crippen LogP contribution in [0.2, 0.25) is 6.32 Å². The van der Waals surface area contributed by atoms with E-state index in [0.717, 1.165) is 4.90 Å². The molecular formula is C12H19BF3N3O3. The molecule has 1 fully saturated rings. The van der Waals surface area contributed by atoms with Gasteiger partial charge in [-0.25, -0.2) is 0 Å². The maximum absolute atomic E-state index is 12.3. The van der Waals surface area contributed by atoms with Gasteiger partial charge in [0.15, 0.2) is 0 Å². The fourth-order valence-electron chi connectivity index (χ4n) is 2.63. The van der Waals surface area contributed by atoms with Crippen LogP contribution in [0.4, 0.5) is 13.2 Å². The highest BCUT2D eigenvalue weighted by Crippen LogP contribution is 2.31. The van der Waals surface area contributed by atoms with Crippen molar-refractivity contribution in [2.75, 3.05) is 13.1 Å². The van der Waals surface area contributed by atoms with Crippen LogP contribution in [0.5, 0.6) is 0 Å².